The highest BCUT2D eigenvalue weighted by atomic mass is 16.5. The lowest BCUT2D eigenvalue weighted by atomic mass is 10.1. The molecule has 15 heavy (non-hydrogen) atoms. The van der Waals surface area contributed by atoms with Crippen LogP contribution < -0.4 is 0 Å². The first kappa shape index (κ1) is 13.9. The molecule has 0 saturated carbocycles. The minimum atomic E-state index is -1.04. The second kappa shape index (κ2) is 8.20. The molecule has 0 aromatic rings. The molecule has 0 bridgehead atoms. The van der Waals surface area contributed by atoms with Crippen LogP contribution in [-0.4, -0.2) is 35.0 Å². The Morgan fingerprint density at radius 1 is 1.33 bits per heavy atom. The molecule has 0 aromatic carbocycles. The fourth-order valence-corrected chi connectivity index (χ4v) is 1.00. The number of carbonyl (C=O) groups is 1. The number of rotatable bonds is 8. The predicted molar refractivity (Wildman–Crippen MR) is 57.2 cm³/mol. The number of ether oxygens (including phenoxy) is 1. The lowest BCUT2D eigenvalue weighted by Crippen LogP contribution is -2.31. The van der Waals surface area contributed by atoms with Crippen LogP contribution in [-0.2, 0) is 9.53 Å². The molecule has 2 atom stereocenters. The van der Waals surface area contributed by atoms with E-state index in [1.54, 1.807) is 6.08 Å². The number of hydrogen-bond acceptors (Lipinski definition) is 4. The molecular weight excluding hydrogens is 196 g/mol. The van der Waals surface area contributed by atoms with Crippen LogP contribution in [0.1, 0.15) is 19.3 Å². The molecule has 0 aliphatic carbocycles. The summed E-state index contributed by atoms with van der Waals surface area (Å²) in [4.78, 5) is 10.7. The van der Waals surface area contributed by atoms with Crippen LogP contribution in [0.15, 0.2) is 25.3 Å². The highest BCUT2D eigenvalue weighted by molar-refractivity contribution is 5.81. The SMILES string of the molecule is C=CCCCC(O)C(O)COC(=O)C=C. The van der Waals surface area contributed by atoms with E-state index >= 15 is 0 Å². The maximum atomic E-state index is 10.7. The van der Waals surface area contributed by atoms with Crippen molar-refractivity contribution >= 4 is 5.97 Å². The first-order chi connectivity index (χ1) is 7.11. The van der Waals surface area contributed by atoms with Crippen LogP contribution in [0.2, 0.25) is 0 Å². The standard InChI is InChI=1S/C11H18O4/c1-3-5-6-7-9(12)10(13)8-15-11(14)4-2/h3-4,9-10,12-13H,1-2,5-8H2. The number of carbonyl (C=O) groups excluding carboxylic acids is 1. The molecule has 4 heteroatoms. The third kappa shape index (κ3) is 6.88. The van der Waals surface area contributed by atoms with Crippen LogP contribution in [0.5, 0.6) is 0 Å². The van der Waals surface area contributed by atoms with Gasteiger partial charge in [-0.1, -0.05) is 12.7 Å². The van der Waals surface area contributed by atoms with Gasteiger partial charge in [0.15, 0.2) is 0 Å². The fraction of sp³-hybridized carbons (Fsp3) is 0.545. The molecule has 4 nitrogen and oxygen atoms in total. The summed E-state index contributed by atoms with van der Waals surface area (Å²) >= 11 is 0. The Morgan fingerprint density at radius 3 is 2.53 bits per heavy atom. The lowest BCUT2D eigenvalue weighted by Gasteiger charge is -2.16. The Labute approximate surface area is 89.9 Å². The predicted octanol–water partition coefficient (Wildman–Crippen LogP) is 0.794. The number of unbranched alkanes of at least 4 members (excludes halogenated alkanes) is 1. The maximum Gasteiger partial charge on any atom is 0.330 e. The number of aliphatic hydroxyl groups is 2. The van der Waals surface area contributed by atoms with E-state index in [9.17, 15) is 15.0 Å². The average Bonchev–Trinajstić information content (AvgIpc) is 2.25. The van der Waals surface area contributed by atoms with Gasteiger partial charge in [-0.3, -0.25) is 0 Å². The van der Waals surface area contributed by atoms with Crippen LogP contribution in [0.25, 0.3) is 0 Å². The monoisotopic (exact) mass is 214 g/mol. The first-order valence-corrected chi connectivity index (χ1v) is 4.88. The number of aliphatic hydroxyl groups excluding tert-OH is 2. The van der Waals surface area contributed by atoms with Crippen molar-refractivity contribution in [2.75, 3.05) is 6.61 Å². The minimum Gasteiger partial charge on any atom is -0.460 e. The number of allylic oxidation sites excluding steroid dienone is 1. The quantitative estimate of drug-likeness (QED) is 0.271. The van der Waals surface area contributed by atoms with Crippen LogP contribution in [0.3, 0.4) is 0 Å². The largest absolute Gasteiger partial charge is 0.460 e. The molecule has 0 amide bonds. The van der Waals surface area contributed by atoms with Crippen molar-refractivity contribution in [2.45, 2.75) is 31.5 Å². The zero-order chi connectivity index (χ0) is 11.7. The highest BCUT2D eigenvalue weighted by Crippen LogP contribution is 2.06. The normalized spacial score (nSPS) is 14.0. The molecule has 0 fully saturated rings. The zero-order valence-corrected chi connectivity index (χ0v) is 8.76. The molecule has 0 aromatic heterocycles. The summed E-state index contributed by atoms with van der Waals surface area (Å²) < 4.78 is 4.59. The van der Waals surface area contributed by atoms with E-state index in [0.717, 1.165) is 18.9 Å². The second-order valence-electron chi connectivity index (χ2n) is 3.19. The Kier molecular flexibility index (Phi) is 7.58. The van der Waals surface area contributed by atoms with Gasteiger partial charge in [-0.25, -0.2) is 4.79 Å². The minimum absolute atomic E-state index is 0.208. The van der Waals surface area contributed by atoms with Gasteiger partial charge in [0, 0.05) is 6.08 Å². The molecule has 86 valence electrons. The number of hydrogen-bond donors (Lipinski definition) is 2. The summed E-state index contributed by atoms with van der Waals surface area (Å²) in [5.41, 5.74) is 0. The van der Waals surface area contributed by atoms with Crippen molar-refractivity contribution < 1.29 is 19.7 Å². The van der Waals surface area contributed by atoms with Crippen LogP contribution >= 0.6 is 0 Å². The second-order valence-corrected chi connectivity index (χ2v) is 3.19. The summed E-state index contributed by atoms with van der Waals surface area (Å²) in [5.74, 6) is -0.604. The summed E-state index contributed by atoms with van der Waals surface area (Å²) in [6, 6.07) is 0. The van der Waals surface area contributed by atoms with Crippen molar-refractivity contribution in [1.29, 1.82) is 0 Å². The Balaban J connectivity index is 3.67. The van der Waals surface area contributed by atoms with Crippen LogP contribution in [0, 0.1) is 0 Å². The zero-order valence-electron chi connectivity index (χ0n) is 8.76. The first-order valence-electron chi connectivity index (χ1n) is 4.88. The molecule has 0 rings (SSSR count). The van der Waals surface area contributed by atoms with Crippen molar-refractivity contribution in [3.63, 3.8) is 0 Å². The summed E-state index contributed by atoms with van der Waals surface area (Å²) in [5, 5.41) is 18.8. The average molecular weight is 214 g/mol. The van der Waals surface area contributed by atoms with Gasteiger partial charge in [-0.15, -0.1) is 6.58 Å². The van der Waals surface area contributed by atoms with E-state index in [1.807, 2.05) is 0 Å². The maximum absolute atomic E-state index is 10.7. The topological polar surface area (TPSA) is 66.8 Å². The molecule has 0 radical (unpaired) electrons. The summed E-state index contributed by atoms with van der Waals surface area (Å²) in [7, 11) is 0. The third-order valence-corrected chi connectivity index (χ3v) is 1.92. The van der Waals surface area contributed by atoms with E-state index in [-0.39, 0.29) is 6.61 Å². The summed E-state index contributed by atoms with van der Waals surface area (Å²) in [6.07, 6.45) is 2.83. The Bertz CT molecular complexity index is 213. The van der Waals surface area contributed by atoms with Crippen molar-refractivity contribution in [1.82, 2.24) is 0 Å². The molecule has 2 N–H and O–H groups in total. The third-order valence-electron chi connectivity index (χ3n) is 1.92. The Morgan fingerprint density at radius 2 is 2.00 bits per heavy atom. The van der Waals surface area contributed by atoms with E-state index in [1.165, 1.54) is 0 Å². The van der Waals surface area contributed by atoms with E-state index in [0.29, 0.717) is 6.42 Å². The van der Waals surface area contributed by atoms with Gasteiger partial charge in [0.2, 0.25) is 0 Å². The van der Waals surface area contributed by atoms with Crippen LogP contribution in [0.4, 0.5) is 0 Å². The van der Waals surface area contributed by atoms with E-state index < -0.39 is 18.2 Å². The molecule has 0 aliphatic rings. The Hall–Kier alpha value is -1.13. The highest BCUT2D eigenvalue weighted by Gasteiger charge is 2.16. The van der Waals surface area contributed by atoms with E-state index in [4.69, 9.17) is 0 Å². The van der Waals surface area contributed by atoms with Gasteiger partial charge in [0.05, 0.1) is 6.10 Å². The molecule has 2 unspecified atom stereocenters. The molecule has 0 spiro atoms. The molecular formula is C11H18O4. The smallest absolute Gasteiger partial charge is 0.330 e. The van der Waals surface area contributed by atoms with Crippen molar-refractivity contribution in [3.8, 4) is 0 Å². The number of esters is 1. The van der Waals surface area contributed by atoms with Gasteiger partial charge < -0.3 is 14.9 Å². The molecule has 0 saturated heterocycles. The van der Waals surface area contributed by atoms with Gasteiger partial charge >= 0.3 is 5.97 Å². The lowest BCUT2D eigenvalue weighted by molar-refractivity contribution is -0.143. The van der Waals surface area contributed by atoms with Crippen molar-refractivity contribution in [3.05, 3.63) is 25.3 Å². The van der Waals surface area contributed by atoms with Gasteiger partial charge in [-0.05, 0) is 19.3 Å². The van der Waals surface area contributed by atoms with Crippen molar-refractivity contribution in [2.24, 2.45) is 0 Å². The fourth-order valence-electron chi connectivity index (χ4n) is 1.00. The molecule has 0 heterocycles. The van der Waals surface area contributed by atoms with E-state index in [2.05, 4.69) is 17.9 Å². The summed E-state index contributed by atoms with van der Waals surface area (Å²) in [6.45, 7) is 6.55. The van der Waals surface area contributed by atoms with Gasteiger partial charge in [0.1, 0.15) is 12.7 Å². The molecule has 0 aliphatic heterocycles. The van der Waals surface area contributed by atoms with Gasteiger partial charge in [0.25, 0.3) is 0 Å². The van der Waals surface area contributed by atoms with Gasteiger partial charge in [-0.2, -0.15) is 0 Å².